The largest absolute Gasteiger partial charge is 0.348 e. The summed E-state index contributed by atoms with van der Waals surface area (Å²) in [5.74, 6) is 0.395. The minimum atomic E-state index is 0.0481. The summed E-state index contributed by atoms with van der Waals surface area (Å²) in [5.41, 5.74) is 2.43. The summed E-state index contributed by atoms with van der Waals surface area (Å²) in [6, 6.07) is 6.72. The molecule has 0 saturated carbocycles. The number of aryl methyl sites for hydroxylation is 1. The molecule has 0 aliphatic carbocycles. The van der Waals surface area contributed by atoms with Crippen LogP contribution in [0.2, 0.25) is 0 Å². The molecule has 4 heterocycles. The molecule has 146 valence electrons. The van der Waals surface area contributed by atoms with Crippen LogP contribution in [-0.4, -0.2) is 56.9 Å². The van der Waals surface area contributed by atoms with Crippen LogP contribution in [0.15, 0.2) is 30.6 Å². The van der Waals surface area contributed by atoms with Crippen LogP contribution in [0.3, 0.4) is 0 Å². The number of rotatable bonds is 3. The molecule has 1 unspecified atom stereocenters. The van der Waals surface area contributed by atoms with Gasteiger partial charge in [-0.15, -0.1) is 0 Å². The van der Waals surface area contributed by atoms with E-state index in [9.17, 15) is 4.79 Å². The van der Waals surface area contributed by atoms with Gasteiger partial charge in [-0.05, 0) is 57.5 Å². The Morgan fingerprint density at radius 2 is 2.07 bits per heavy atom. The zero-order valence-electron chi connectivity index (χ0n) is 16.5. The number of hydrogen-bond acceptors (Lipinski definition) is 3. The van der Waals surface area contributed by atoms with Gasteiger partial charge in [0.25, 0.3) is 0 Å². The van der Waals surface area contributed by atoms with Crippen molar-refractivity contribution in [2.45, 2.75) is 38.4 Å². The number of carbonyl (C=O) groups is 1. The maximum Gasteiger partial charge on any atom is 0.318 e. The fraction of sp³-hybridized carbons (Fsp3) is 0.600. The number of hydrogen-bond donors (Lipinski definition) is 1. The average Bonchev–Trinajstić information content (AvgIpc) is 3.29. The molecule has 1 fully saturated rings. The highest BCUT2D eigenvalue weighted by Crippen LogP contribution is 2.34. The second-order valence-electron chi connectivity index (χ2n) is 7.89. The summed E-state index contributed by atoms with van der Waals surface area (Å²) in [6.45, 7) is 5.51. The summed E-state index contributed by atoms with van der Waals surface area (Å²) < 4.78 is 4.20. The molecule has 7 heteroatoms. The quantitative estimate of drug-likeness (QED) is 0.903. The summed E-state index contributed by atoms with van der Waals surface area (Å²) in [5, 5.41) is 7.58. The molecule has 1 saturated heterocycles. The highest BCUT2D eigenvalue weighted by Gasteiger charge is 2.33. The van der Waals surface area contributed by atoms with E-state index < -0.39 is 0 Å². The van der Waals surface area contributed by atoms with Crippen LogP contribution in [-0.2, 0) is 13.6 Å². The lowest BCUT2D eigenvalue weighted by molar-refractivity contribution is 0.109. The Hall–Kier alpha value is -2.28. The molecule has 2 aliphatic heterocycles. The van der Waals surface area contributed by atoms with Crippen molar-refractivity contribution in [2.24, 2.45) is 13.0 Å². The first-order chi connectivity index (χ1) is 13.1. The summed E-state index contributed by atoms with van der Waals surface area (Å²) in [6.07, 6.45) is 6.24. The Morgan fingerprint density at radius 3 is 2.85 bits per heavy atom. The molecule has 0 aromatic carbocycles. The molecular formula is C20H30N6O. The van der Waals surface area contributed by atoms with E-state index in [-0.39, 0.29) is 12.1 Å². The van der Waals surface area contributed by atoms with Crippen molar-refractivity contribution in [1.82, 2.24) is 29.5 Å². The van der Waals surface area contributed by atoms with Gasteiger partial charge in [0.15, 0.2) is 0 Å². The first-order valence-corrected chi connectivity index (χ1v) is 9.94. The minimum Gasteiger partial charge on any atom is -0.348 e. The monoisotopic (exact) mass is 370 g/mol. The summed E-state index contributed by atoms with van der Waals surface area (Å²) >= 11 is 0. The number of amides is 2. The molecule has 2 aromatic rings. The summed E-state index contributed by atoms with van der Waals surface area (Å²) in [4.78, 5) is 17.3. The predicted octanol–water partition coefficient (Wildman–Crippen LogP) is 2.39. The first-order valence-electron chi connectivity index (χ1n) is 9.94. The van der Waals surface area contributed by atoms with Gasteiger partial charge < -0.3 is 14.8 Å². The number of likely N-dealkylation sites (tertiary alicyclic amines) is 1. The third-order valence-corrected chi connectivity index (χ3v) is 6.29. The first kappa shape index (κ1) is 18.1. The lowest BCUT2D eigenvalue weighted by Crippen LogP contribution is -2.49. The highest BCUT2D eigenvalue weighted by atomic mass is 16.2. The number of urea groups is 1. The van der Waals surface area contributed by atoms with E-state index in [1.807, 2.05) is 22.8 Å². The maximum absolute atomic E-state index is 12.9. The van der Waals surface area contributed by atoms with Crippen LogP contribution in [0.25, 0.3) is 0 Å². The van der Waals surface area contributed by atoms with Gasteiger partial charge >= 0.3 is 6.03 Å². The molecule has 2 aromatic heterocycles. The predicted molar refractivity (Wildman–Crippen MR) is 104 cm³/mol. The zero-order valence-corrected chi connectivity index (χ0v) is 16.5. The van der Waals surface area contributed by atoms with Crippen LogP contribution in [0.5, 0.6) is 0 Å². The number of piperidine rings is 1. The molecule has 7 nitrogen and oxygen atoms in total. The van der Waals surface area contributed by atoms with E-state index in [1.165, 1.54) is 17.8 Å². The summed E-state index contributed by atoms with van der Waals surface area (Å²) in [7, 11) is 4.17. The molecule has 1 N–H and O–H groups in total. The van der Waals surface area contributed by atoms with Gasteiger partial charge in [0.05, 0.1) is 17.8 Å². The fourth-order valence-electron chi connectivity index (χ4n) is 4.79. The third-order valence-electron chi connectivity index (χ3n) is 6.29. The van der Waals surface area contributed by atoms with E-state index in [4.69, 9.17) is 0 Å². The Kier molecular flexibility index (Phi) is 4.95. The number of nitrogens with zero attached hydrogens (tertiary/aromatic N) is 5. The Labute approximate surface area is 160 Å². The molecule has 0 bridgehead atoms. The molecule has 0 radical (unpaired) electrons. The molecular weight excluding hydrogens is 340 g/mol. The van der Waals surface area contributed by atoms with Crippen molar-refractivity contribution in [3.8, 4) is 0 Å². The van der Waals surface area contributed by atoms with Gasteiger partial charge in [-0.25, -0.2) is 4.79 Å². The van der Waals surface area contributed by atoms with Crippen molar-refractivity contribution in [2.75, 3.05) is 26.7 Å². The lowest BCUT2D eigenvalue weighted by atomic mass is 9.87. The Morgan fingerprint density at radius 1 is 1.22 bits per heavy atom. The SMILES string of the molecule is CC1c2cccn2CCN1C(=O)NC[C@@H]1CCCN(C)[C@H]1c1ccnn1C. The number of fused-ring (bicyclic) bond motifs is 1. The molecule has 27 heavy (non-hydrogen) atoms. The van der Waals surface area contributed by atoms with E-state index in [0.29, 0.717) is 18.5 Å². The van der Waals surface area contributed by atoms with Crippen LogP contribution in [0, 0.1) is 5.92 Å². The molecule has 2 aliphatic rings. The standard InChI is InChI=1S/C20H30N6O/c1-15-17-7-5-11-25(17)12-13-26(15)20(27)21-14-16-6-4-10-23(2)19(16)18-8-9-22-24(18)3/h5,7-9,11,15-16,19H,4,6,10,12-14H2,1-3H3,(H,21,27)/t15?,16-,19+/m0/s1. The fourth-order valence-corrected chi connectivity index (χ4v) is 4.79. The number of aromatic nitrogens is 3. The van der Waals surface area contributed by atoms with Gasteiger partial charge in [-0.2, -0.15) is 5.10 Å². The van der Waals surface area contributed by atoms with Gasteiger partial charge in [0.2, 0.25) is 0 Å². The Bertz CT molecular complexity index is 796. The zero-order chi connectivity index (χ0) is 19.0. The molecule has 4 rings (SSSR count). The van der Waals surface area contributed by atoms with Gasteiger partial charge in [-0.1, -0.05) is 0 Å². The van der Waals surface area contributed by atoms with Crippen LogP contribution < -0.4 is 5.32 Å². The van der Waals surface area contributed by atoms with Crippen molar-refractivity contribution in [3.05, 3.63) is 42.0 Å². The van der Waals surface area contributed by atoms with Gasteiger partial charge in [-0.3, -0.25) is 9.58 Å². The smallest absolute Gasteiger partial charge is 0.318 e. The van der Waals surface area contributed by atoms with Crippen LogP contribution >= 0.6 is 0 Å². The van der Waals surface area contributed by atoms with Crippen molar-refractivity contribution < 1.29 is 4.79 Å². The Balaban J connectivity index is 1.43. The van der Waals surface area contributed by atoms with Crippen molar-refractivity contribution in [1.29, 1.82) is 0 Å². The normalized spacial score (nSPS) is 26.0. The minimum absolute atomic E-state index is 0.0481. The van der Waals surface area contributed by atoms with E-state index >= 15 is 0 Å². The van der Waals surface area contributed by atoms with E-state index in [2.05, 4.69) is 58.2 Å². The van der Waals surface area contributed by atoms with E-state index in [1.54, 1.807) is 0 Å². The molecule has 2 amide bonds. The highest BCUT2D eigenvalue weighted by molar-refractivity contribution is 5.74. The maximum atomic E-state index is 12.9. The topological polar surface area (TPSA) is 58.3 Å². The lowest BCUT2D eigenvalue weighted by Gasteiger charge is -2.40. The van der Waals surface area contributed by atoms with Gasteiger partial charge in [0.1, 0.15) is 0 Å². The molecule has 0 spiro atoms. The van der Waals surface area contributed by atoms with Crippen molar-refractivity contribution in [3.63, 3.8) is 0 Å². The second-order valence-corrected chi connectivity index (χ2v) is 7.89. The van der Waals surface area contributed by atoms with Crippen LogP contribution in [0.1, 0.15) is 43.2 Å². The van der Waals surface area contributed by atoms with Crippen molar-refractivity contribution >= 4 is 6.03 Å². The second kappa shape index (κ2) is 7.38. The molecule has 3 atom stereocenters. The number of carbonyl (C=O) groups excluding carboxylic acids is 1. The third kappa shape index (κ3) is 3.36. The average molecular weight is 371 g/mol. The number of nitrogens with one attached hydrogen (secondary N) is 1. The van der Waals surface area contributed by atoms with Gasteiger partial charge in [0, 0.05) is 44.8 Å². The van der Waals surface area contributed by atoms with E-state index in [0.717, 1.165) is 26.1 Å². The van der Waals surface area contributed by atoms with Crippen LogP contribution in [0.4, 0.5) is 4.79 Å².